The quantitative estimate of drug-likeness (QED) is 0.901. The van der Waals surface area contributed by atoms with Crippen LogP contribution in [0.4, 0.5) is 0 Å². The smallest absolute Gasteiger partial charge is 0.134 e. The first-order valence-electron chi connectivity index (χ1n) is 5.97. The van der Waals surface area contributed by atoms with Gasteiger partial charge in [0.1, 0.15) is 23.8 Å². The van der Waals surface area contributed by atoms with Crippen LogP contribution in [0.25, 0.3) is 0 Å². The number of hydrogen-bond donors (Lipinski definition) is 1. The second-order valence-electron chi connectivity index (χ2n) is 4.55. The van der Waals surface area contributed by atoms with Gasteiger partial charge >= 0.3 is 0 Å². The predicted octanol–water partition coefficient (Wildman–Crippen LogP) is 2.89. The maximum atomic E-state index is 5.92. The van der Waals surface area contributed by atoms with Crippen molar-refractivity contribution in [2.75, 3.05) is 0 Å². The van der Waals surface area contributed by atoms with E-state index in [9.17, 15) is 0 Å². The van der Waals surface area contributed by atoms with Crippen LogP contribution in [-0.2, 0) is 6.61 Å². The summed E-state index contributed by atoms with van der Waals surface area (Å²) in [6, 6.07) is 7.84. The first-order chi connectivity index (χ1) is 8.56. The molecule has 4 nitrogen and oxygen atoms in total. The van der Waals surface area contributed by atoms with Crippen molar-refractivity contribution < 1.29 is 9.26 Å². The molecule has 0 unspecified atom stereocenters. The Morgan fingerprint density at radius 2 is 2.11 bits per heavy atom. The second-order valence-corrected chi connectivity index (χ2v) is 4.55. The molecule has 0 saturated heterocycles. The zero-order valence-corrected chi connectivity index (χ0v) is 10.9. The number of rotatable bonds is 4. The van der Waals surface area contributed by atoms with Gasteiger partial charge in [0.2, 0.25) is 0 Å². The third-order valence-electron chi connectivity index (χ3n) is 2.71. The van der Waals surface area contributed by atoms with Gasteiger partial charge in [-0.3, -0.25) is 0 Å². The van der Waals surface area contributed by atoms with Gasteiger partial charge in [0, 0.05) is 17.7 Å². The first-order valence-corrected chi connectivity index (χ1v) is 5.97. The van der Waals surface area contributed by atoms with Gasteiger partial charge < -0.3 is 15.0 Å². The van der Waals surface area contributed by atoms with Gasteiger partial charge in [0.15, 0.2) is 0 Å². The lowest BCUT2D eigenvalue weighted by Crippen LogP contribution is -2.08. The van der Waals surface area contributed by atoms with Crippen LogP contribution in [0, 0.1) is 13.8 Å². The Morgan fingerprint density at radius 3 is 2.72 bits per heavy atom. The molecule has 96 valence electrons. The number of ether oxygens (including phenoxy) is 1. The van der Waals surface area contributed by atoms with Crippen LogP contribution < -0.4 is 10.5 Å². The standard InChI is InChI=1S/C14H18N2O2/c1-9-4-5-13(11(3)15)14(6-9)17-8-12-7-10(2)18-16-12/h4-7,11H,8,15H2,1-3H3/t11-/m0/s1. The van der Waals surface area contributed by atoms with E-state index in [2.05, 4.69) is 5.16 Å². The highest BCUT2D eigenvalue weighted by Gasteiger charge is 2.09. The molecule has 0 amide bonds. The molecule has 0 bridgehead atoms. The molecular formula is C14H18N2O2. The number of nitrogens with two attached hydrogens (primary N) is 1. The van der Waals surface area contributed by atoms with Crippen LogP contribution in [-0.4, -0.2) is 5.16 Å². The summed E-state index contributed by atoms with van der Waals surface area (Å²) in [6.07, 6.45) is 0. The molecule has 0 aliphatic carbocycles. The van der Waals surface area contributed by atoms with E-state index in [1.54, 1.807) is 0 Å². The Kier molecular flexibility index (Phi) is 3.67. The van der Waals surface area contributed by atoms with E-state index in [1.165, 1.54) is 0 Å². The average molecular weight is 246 g/mol. The Balaban J connectivity index is 2.15. The molecule has 18 heavy (non-hydrogen) atoms. The first kappa shape index (κ1) is 12.6. The molecule has 4 heteroatoms. The van der Waals surface area contributed by atoms with Gasteiger partial charge in [-0.2, -0.15) is 0 Å². The summed E-state index contributed by atoms with van der Waals surface area (Å²) in [7, 11) is 0. The molecule has 1 heterocycles. The van der Waals surface area contributed by atoms with Crippen LogP contribution >= 0.6 is 0 Å². The van der Waals surface area contributed by atoms with Crippen molar-refractivity contribution in [1.29, 1.82) is 0 Å². The molecule has 2 rings (SSSR count). The lowest BCUT2D eigenvalue weighted by Gasteiger charge is -2.14. The van der Waals surface area contributed by atoms with E-state index in [1.807, 2.05) is 45.0 Å². The lowest BCUT2D eigenvalue weighted by molar-refractivity contribution is 0.284. The van der Waals surface area contributed by atoms with Crippen molar-refractivity contribution in [2.24, 2.45) is 5.73 Å². The molecule has 0 saturated carbocycles. The van der Waals surface area contributed by atoms with Crippen LogP contribution in [0.2, 0.25) is 0 Å². The predicted molar refractivity (Wildman–Crippen MR) is 69.4 cm³/mol. The molecule has 0 aliphatic rings. The zero-order chi connectivity index (χ0) is 13.1. The van der Waals surface area contributed by atoms with E-state index < -0.39 is 0 Å². The van der Waals surface area contributed by atoms with E-state index in [0.717, 1.165) is 28.3 Å². The molecule has 2 N–H and O–H groups in total. The summed E-state index contributed by atoms with van der Waals surface area (Å²) in [5.41, 5.74) is 8.85. The Bertz CT molecular complexity index is 532. The van der Waals surface area contributed by atoms with Gasteiger partial charge in [-0.05, 0) is 32.4 Å². The van der Waals surface area contributed by atoms with Crippen molar-refractivity contribution in [2.45, 2.75) is 33.4 Å². The molecule has 2 aromatic rings. The monoisotopic (exact) mass is 246 g/mol. The van der Waals surface area contributed by atoms with Crippen LogP contribution in [0.1, 0.15) is 35.5 Å². The third kappa shape index (κ3) is 2.90. The van der Waals surface area contributed by atoms with Crippen molar-refractivity contribution in [1.82, 2.24) is 5.16 Å². The summed E-state index contributed by atoms with van der Waals surface area (Å²) in [4.78, 5) is 0. The molecule has 1 aromatic carbocycles. The number of aromatic nitrogens is 1. The summed E-state index contributed by atoms with van der Waals surface area (Å²) in [5.74, 6) is 1.59. The molecule has 1 aromatic heterocycles. The molecule has 0 radical (unpaired) electrons. The highest BCUT2D eigenvalue weighted by molar-refractivity contribution is 5.39. The van der Waals surface area contributed by atoms with Gasteiger partial charge in [-0.15, -0.1) is 0 Å². The molecular weight excluding hydrogens is 228 g/mol. The van der Waals surface area contributed by atoms with Crippen LogP contribution in [0.5, 0.6) is 5.75 Å². The van der Waals surface area contributed by atoms with E-state index >= 15 is 0 Å². The Morgan fingerprint density at radius 1 is 1.33 bits per heavy atom. The minimum Gasteiger partial charge on any atom is -0.487 e. The van der Waals surface area contributed by atoms with Crippen molar-refractivity contribution in [3.63, 3.8) is 0 Å². The van der Waals surface area contributed by atoms with Crippen molar-refractivity contribution in [3.05, 3.63) is 46.8 Å². The minimum atomic E-state index is -0.0559. The third-order valence-corrected chi connectivity index (χ3v) is 2.71. The van der Waals surface area contributed by atoms with Gasteiger partial charge in [0.05, 0.1) is 0 Å². The van der Waals surface area contributed by atoms with Gasteiger partial charge in [-0.25, -0.2) is 0 Å². The zero-order valence-electron chi connectivity index (χ0n) is 10.9. The summed E-state index contributed by atoms with van der Waals surface area (Å²) in [6.45, 7) is 6.22. The highest BCUT2D eigenvalue weighted by atomic mass is 16.5. The molecule has 1 atom stereocenters. The fraction of sp³-hybridized carbons (Fsp3) is 0.357. The fourth-order valence-corrected chi connectivity index (χ4v) is 1.78. The fourth-order valence-electron chi connectivity index (χ4n) is 1.78. The average Bonchev–Trinajstić information content (AvgIpc) is 2.72. The molecule has 0 aliphatic heterocycles. The second kappa shape index (κ2) is 5.23. The van der Waals surface area contributed by atoms with E-state index in [4.69, 9.17) is 15.0 Å². The van der Waals surface area contributed by atoms with Crippen LogP contribution in [0.15, 0.2) is 28.8 Å². The van der Waals surface area contributed by atoms with Crippen molar-refractivity contribution in [3.8, 4) is 5.75 Å². The maximum Gasteiger partial charge on any atom is 0.134 e. The normalized spacial score (nSPS) is 12.4. The number of aryl methyl sites for hydroxylation is 2. The van der Waals surface area contributed by atoms with E-state index in [0.29, 0.717) is 6.61 Å². The summed E-state index contributed by atoms with van der Waals surface area (Å²) < 4.78 is 10.8. The lowest BCUT2D eigenvalue weighted by atomic mass is 10.1. The van der Waals surface area contributed by atoms with Crippen molar-refractivity contribution >= 4 is 0 Å². The number of nitrogens with zero attached hydrogens (tertiary/aromatic N) is 1. The maximum absolute atomic E-state index is 5.92. The summed E-state index contributed by atoms with van der Waals surface area (Å²) >= 11 is 0. The number of benzene rings is 1. The topological polar surface area (TPSA) is 61.3 Å². The summed E-state index contributed by atoms with van der Waals surface area (Å²) in [5, 5.41) is 3.90. The number of hydrogen-bond acceptors (Lipinski definition) is 4. The largest absolute Gasteiger partial charge is 0.487 e. The molecule has 0 spiro atoms. The minimum absolute atomic E-state index is 0.0559. The Hall–Kier alpha value is -1.81. The van der Waals surface area contributed by atoms with Gasteiger partial charge in [-0.1, -0.05) is 17.3 Å². The Labute approximate surface area is 107 Å². The van der Waals surface area contributed by atoms with E-state index in [-0.39, 0.29) is 6.04 Å². The highest BCUT2D eigenvalue weighted by Crippen LogP contribution is 2.25. The van der Waals surface area contributed by atoms with Crippen LogP contribution in [0.3, 0.4) is 0 Å². The molecule has 0 fully saturated rings. The SMILES string of the molecule is Cc1ccc([C@H](C)N)c(OCc2cc(C)on2)c1. The van der Waals surface area contributed by atoms with Gasteiger partial charge in [0.25, 0.3) is 0 Å².